The van der Waals surface area contributed by atoms with Crippen molar-refractivity contribution >= 4 is 11.0 Å². The molecule has 3 nitrogen and oxygen atoms in total. The van der Waals surface area contributed by atoms with Gasteiger partial charge in [0, 0.05) is 12.0 Å². The molecule has 1 N–H and O–H groups in total. The molecule has 0 fully saturated rings. The maximum Gasteiger partial charge on any atom is 0.138 e. The lowest BCUT2D eigenvalue weighted by atomic mass is 10.1. The minimum atomic E-state index is -0.706. The van der Waals surface area contributed by atoms with Gasteiger partial charge in [-0.1, -0.05) is 18.6 Å². The van der Waals surface area contributed by atoms with Crippen LogP contribution >= 0.6 is 0 Å². The van der Waals surface area contributed by atoms with Gasteiger partial charge in [0.25, 0.3) is 0 Å². The first-order valence-corrected chi connectivity index (χ1v) is 6.45. The second kappa shape index (κ2) is 5.55. The topological polar surface area (TPSA) is 42.6 Å². The fourth-order valence-electron chi connectivity index (χ4n) is 2.16. The molecule has 0 aliphatic rings. The molecule has 0 bridgehead atoms. The number of hydrogen-bond acceptors (Lipinski definition) is 3. The molecule has 0 aliphatic heterocycles. The van der Waals surface area contributed by atoms with Gasteiger partial charge in [0.15, 0.2) is 0 Å². The molecule has 98 valence electrons. The first-order valence-electron chi connectivity index (χ1n) is 6.45. The molecule has 2 aromatic rings. The number of aliphatic hydroxyl groups excluding tert-OH is 1. The lowest BCUT2D eigenvalue weighted by Gasteiger charge is -2.19. The molecule has 2 unspecified atom stereocenters. The van der Waals surface area contributed by atoms with Crippen LogP contribution in [-0.4, -0.2) is 17.8 Å². The number of ether oxygens (including phenoxy) is 1. The van der Waals surface area contributed by atoms with Crippen LogP contribution in [0.1, 0.15) is 37.7 Å². The summed E-state index contributed by atoms with van der Waals surface area (Å²) in [6.45, 7) is 6.56. The number of fused-ring (bicyclic) bond motifs is 1. The molecule has 0 aliphatic carbocycles. The van der Waals surface area contributed by atoms with E-state index in [2.05, 4.69) is 6.07 Å². The Kier molecular flexibility index (Phi) is 4.04. The van der Waals surface area contributed by atoms with E-state index in [1.54, 1.807) is 0 Å². The summed E-state index contributed by atoms with van der Waals surface area (Å²) in [5.41, 5.74) is 1.99. The molecule has 1 aromatic heterocycles. The van der Waals surface area contributed by atoms with E-state index in [1.807, 2.05) is 39.0 Å². The van der Waals surface area contributed by atoms with Gasteiger partial charge < -0.3 is 14.3 Å². The molecule has 1 aromatic carbocycles. The van der Waals surface area contributed by atoms with E-state index in [0.29, 0.717) is 12.4 Å². The van der Waals surface area contributed by atoms with E-state index >= 15 is 0 Å². The number of rotatable bonds is 5. The third-order valence-electron chi connectivity index (χ3n) is 3.12. The van der Waals surface area contributed by atoms with Gasteiger partial charge in [0.2, 0.25) is 0 Å². The van der Waals surface area contributed by atoms with Crippen molar-refractivity contribution in [1.29, 1.82) is 0 Å². The summed E-state index contributed by atoms with van der Waals surface area (Å²) in [6.07, 6.45) is -0.162. The van der Waals surface area contributed by atoms with Crippen molar-refractivity contribution in [2.75, 3.05) is 6.61 Å². The summed E-state index contributed by atoms with van der Waals surface area (Å²) in [6, 6.07) is 7.88. The second-order valence-corrected chi connectivity index (χ2v) is 4.54. The number of aliphatic hydroxyl groups is 1. The van der Waals surface area contributed by atoms with Crippen LogP contribution in [0.4, 0.5) is 0 Å². The average Bonchev–Trinajstić information content (AvgIpc) is 2.77. The normalized spacial score (nSPS) is 14.9. The number of aryl methyl sites for hydroxylation is 1. The summed E-state index contributed by atoms with van der Waals surface area (Å²) in [7, 11) is 0. The van der Waals surface area contributed by atoms with E-state index in [-0.39, 0.29) is 6.10 Å². The summed E-state index contributed by atoms with van der Waals surface area (Å²) < 4.78 is 11.2. The fourth-order valence-corrected chi connectivity index (χ4v) is 2.16. The Labute approximate surface area is 107 Å². The monoisotopic (exact) mass is 248 g/mol. The Morgan fingerprint density at radius 2 is 2.06 bits per heavy atom. The van der Waals surface area contributed by atoms with Gasteiger partial charge in [-0.3, -0.25) is 0 Å². The van der Waals surface area contributed by atoms with Crippen LogP contribution in [0.2, 0.25) is 0 Å². The molecular weight excluding hydrogens is 228 g/mol. The highest BCUT2D eigenvalue weighted by molar-refractivity contribution is 5.78. The van der Waals surface area contributed by atoms with Gasteiger partial charge in [-0.05, 0) is 38.5 Å². The summed E-state index contributed by atoms with van der Waals surface area (Å²) in [4.78, 5) is 0. The third kappa shape index (κ3) is 2.57. The third-order valence-corrected chi connectivity index (χ3v) is 3.12. The zero-order valence-electron chi connectivity index (χ0n) is 11.1. The van der Waals surface area contributed by atoms with Gasteiger partial charge in [0.1, 0.15) is 17.4 Å². The minimum Gasteiger partial charge on any atom is -0.458 e. The molecule has 2 atom stereocenters. The fraction of sp³-hybridized carbons (Fsp3) is 0.467. The van der Waals surface area contributed by atoms with Gasteiger partial charge in [-0.25, -0.2) is 0 Å². The number of benzene rings is 1. The van der Waals surface area contributed by atoms with E-state index in [4.69, 9.17) is 9.15 Å². The molecule has 0 radical (unpaired) electrons. The zero-order valence-corrected chi connectivity index (χ0v) is 11.1. The minimum absolute atomic E-state index is 0.211. The van der Waals surface area contributed by atoms with Crippen molar-refractivity contribution in [2.45, 2.75) is 39.4 Å². The standard InChI is InChI=1S/C15H20O3/c1-4-12(17-5-2)15(16)14-9-11-8-10(3)6-7-13(11)18-14/h6-9,12,15-16H,4-5H2,1-3H3. The van der Waals surface area contributed by atoms with Crippen molar-refractivity contribution in [3.63, 3.8) is 0 Å². The summed E-state index contributed by atoms with van der Waals surface area (Å²) in [5.74, 6) is 0.580. The highest BCUT2D eigenvalue weighted by Gasteiger charge is 2.23. The first kappa shape index (κ1) is 13.1. The maximum absolute atomic E-state index is 10.3. The Bertz CT molecular complexity index is 515. The molecule has 2 rings (SSSR count). The highest BCUT2D eigenvalue weighted by atomic mass is 16.5. The van der Waals surface area contributed by atoms with Crippen LogP contribution in [0.5, 0.6) is 0 Å². The highest BCUT2D eigenvalue weighted by Crippen LogP contribution is 2.28. The van der Waals surface area contributed by atoms with Gasteiger partial charge in [-0.15, -0.1) is 0 Å². The average molecular weight is 248 g/mol. The second-order valence-electron chi connectivity index (χ2n) is 4.54. The van der Waals surface area contributed by atoms with Crippen molar-refractivity contribution in [3.05, 3.63) is 35.6 Å². The van der Waals surface area contributed by atoms with E-state index in [9.17, 15) is 5.11 Å². The van der Waals surface area contributed by atoms with Crippen LogP contribution < -0.4 is 0 Å². The SMILES string of the molecule is CCOC(CC)C(O)c1cc2cc(C)ccc2o1. The van der Waals surface area contributed by atoms with Gasteiger partial charge in [-0.2, -0.15) is 0 Å². The van der Waals surface area contributed by atoms with Gasteiger partial charge >= 0.3 is 0 Å². The summed E-state index contributed by atoms with van der Waals surface area (Å²) >= 11 is 0. The maximum atomic E-state index is 10.3. The number of furan rings is 1. The smallest absolute Gasteiger partial charge is 0.138 e. The lowest BCUT2D eigenvalue weighted by Crippen LogP contribution is -2.21. The van der Waals surface area contributed by atoms with Crippen molar-refractivity contribution in [3.8, 4) is 0 Å². The molecule has 0 saturated heterocycles. The van der Waals surface area contributed by atoms with Crippen LogP contribution in [0.3, 0.4) is 0 Å². The Morgan fingerprint density at radius 3 is 2.72 bits per heavy atom. The van der Waals surface area contributed by atoms with E-state index in [1.165, 1.54) is 5.56 Å². The molecular formula is C15H20O3. The van der Waals surface area contributed by atoms with Crippen molar-refractivity contribution < 1.29 is 14.3 Å². The van der Waals surface area contributed by atoms with E-state index in [0.717, 1.165) is 17.4 Å². The Morgan fingerprint density at radius 1 is 1.28 bits per heavy atom. The van der Waals surface area contributed by atoms with Crippen LogP contribution in [0.25, 0.3) is 11.0 Å². The van der Waals surface area contributed by atoms with Crippen LogP contribution in [0.15, 0.2) is 28.7 Å². The number of hydrogen-bond donors (Lipinski definition) is 1. The first-order chi connectivity index (χ1) is 8.65. The molecule has 0 saturated carbocycles. The Hall–Kier alpha value is -1.32. The van der Waals surface area contributed by atoms with Crippen LogP contribution in [0, 0.1) is 6.92 Å². The molecule has 3 heteroatoms. The molecule has 1 heterocycles. The quantitative estimate of drug-likeness (QED) is 0.879. The van der Waals surface area contributed by atoms with Crippen molar-refractivity contribution in [2.24, 2.45) is 0 Å². The largest absolute Gasteiger partial charge is 0.458 e. The molecule has 0 spiro atoms. The summed E-state index contributed by atoms with van der Waals surface area (Å²) in [5, 5.41) is 11.3. The predicted octanol–water partition coefficient (Wildman–Crippen LogP) is 3.59. The molecule has 0 amide bonds. The predicted molar refractivity (Wildman–Crippen MR) is 71.6 cm³/mol. The van der Waals surface area contributed by atoms with Crippen LogP contribution in [-0.2, 0) is 4.74 Å². The van der Waals surface area contributed by atoms with Gasteiger partial charge in [0.05, 0.1) is 6.10 Å². The van der Waals surface area contributed by atoms with E-state index < -0.39 is 6.10 Å². The molecule has 18 heavy (non-hydrogen) atoms. The Balaban J connectivity index is 2.29. The van der Waals surface area contributed by atoms with Crippen molar-refractivity contribution in [1.82, 2.24) is 0 Å². The lowest BCUT2D eigenvalue weighted by molar-refractivity contribution is -0.0435. The zero-order chi connectivity index (χ0) is 13.1.